The SMILES string of the molecule is CC(O)CO.O=C(O)CC1C=CSS1. The highest BCUT2D eigenvalue weighted by atomic mass is 33.1. The van der Waals surface area contributed by atoms with Gasteiger partial charge in [-0.1, -0.05) is 27.7 Å². The Morgan fingerprint density at radius 2 is 2.21 bits per heavy atom. The highest BCUT2D eigenvalue weighted by Crippen LogP contribution is 2.36. The summed E-state index contributed by atoms with van der Waals surface area (Å²) >= 11 is 0. The maximum absolute atomic E-state index is 10.1. The van der Waals surface area contributed by atoms with E-state index in [2.05, 4.69) is 0 Å². The van der Waals surface area contributed by atoms with Crippen LogP contribution in [0.4, 0.5) is 0 Å². The van der Waals surface area contributed by atoms with Gasteiger partial charge in [-0.25, -0.2) is 0 Å². The van der Waals surface area contributed by atoms with Gasteiger partial charge in [-0.05, 0) is 12.3 Å². The van der Waals surface area contributed by atoms with Gasteiger partial charge in [0.05, 0.1) is 19.1 Å². The third-order valence-electron chi connectivity index (χ3n) is 1.17. The third-order valence-corrected chi connectivity index (χ3v) is 3.53. The molecule has 6 heteroatoms. The van der Waals surface area contributed by atoms with Crippen LogP contribution >= 0.6 is 21.6 Å². The molecule has 1 aliphatic rings. The first-order valence-corrected chi connectivity index (χ1v) is 6.33. The average Bonchev–Trinajstić information content (AvgIpc) is 2.57. The molecule has 14 heavy (non-hydrogen) atoms. The molecule has 0 aromatic carbocycles. The van der Waals surface area contributed by atoms with Crippen LogP contribution in [0.1, 0.15) is 13.3 Å². The molecule has 3 N–H and O–H groups in total. The second kappa shape index (κ2) is 8.16. The molecule has 2 atom stereocenters. The summed E-state index contributed by atoms with van der Waals surface area (Å²) in [6.07, 6.45) is 1.60. The quantitative estimate of drug-likeness (QED) is 0.639. The zero-order valence-corrected chi connectivity index (χ0v) is 9.42. The normalized spacial score (nSPS) is 21.2. The number of rotatable bonds is 3. The largest absolute Gasteiger partial charge is 0.481 e. The summed E-state index contributed by atoms with van der Waals surface area (Å²) in [5, 5.41) is 26.4. The van der Waals surface area contributed by atoms with E-state index in [0.29, 0.717) is 0 Å². The second-order valence-electron chi connectivity index (χ2n) is 2.69. The number of carbonyl (C=O) groups is 1. The molecule has 0 aromatic rings. The van der Waals surface area contributed by atoms with E-state index in [4.69, 9.17) is 15.3 Å². The van der Waals surface area contributed by atoms with Gasteiger partial charge in [-0.3, -0.25) is 4.79 Å². The van der Waals surface area contributed by atoms with Crippen LogP contribution in [0.15, 0.2) is 11.5 Å². The first-order chi connectivity index (χ1) is 6.56. The van der Waals surface area contributed by atoms with Crippen LogP contribution in [-0.4, -0.2) is 39.2 Å². The van der Waals surface area contributed by atoms with E-state index in [-0.39, 0.29) is 18.3 Å². The predicted molar refractivity (Wildman–Crippen MR) is 59.1 cm³/mol. The minimum absolute atomic E-state index is 0.139. The van der Waals surface area contributed by atoms with Crippen molar-refractivity contribution in [1.82, 2.24) is 0 Å². The summed E-state index contributed by atoms with van der Waals surface area (Å²) in [5.74, 6) is -0.723. The first kappa shape index (κ1) is 13.8. The van der Waals surface area contributed by atoms with Crippen LogP contribution in [-0.2, 0) is 4.79 Å². The maximum atomic E-state index is 10.1. The molecule has 2 unspecified atom stereocenters. The van der Waals surface area contributed by atoms with Crippen LogP contribution in [0.25, 0.3) is 0 Å². The van der Waals surface area contributed by atoms with Crippen LogP contribution in [0.5, 0.6) is 0 Å². The Bertz CT molecular complexity index is 194. The Labute approximate surface area is 90.8 Å². The van der Waals surface area contributed by atoms with Gasteiger partial charge in [0.15, 0.2) is 0 Å². The van der Waals surface area contributed by atoms with Crippen molar-refractivity contribution in [2.75, 3.05) is 6.61 Å². The number of aliphatic hydroxyl groups is 2. The zero-order chi connectivity index (χ0) is 11.0. The summed E-state index contributed by atoms with van der Waals surface area (Å²) in [6.45, 7) is 1.39. The van der Waals surface area contributed by atoms with Gasteiger partial charge in [0, 0.05) is 5.25 Å². The molecule has 0 fully saturated rings. The molecule has 0 saturated carbocycles. The minimum Gasteiger partial charge on any atom is -0.481 e. The van der Waals surface area contributed by atoms with Gasteiger partial charge in [0.25, 0.3) is 0 Å². The Kier molecular flexibility index (Phi) is 8.07. The molecule has 0 radical (unpaired) electrons. The maximum Gasteiger partial charge on any atom is 0.304 e. The molecule has 0 aliphatic carbocycles. The Balaban J connectivity index is 0.000000292. The fourth-order valence-electron chi connectivity index (χ4n) is 0.529. The van der Waals surface area contributed by atoms with Crippen molar-refractivity contribution >= 4 is 27.6 Å². The van der Waals surface area contributed by atoms with Crippen molar-refractivity contribution in [3.63, 3.8) is 0 Å². The summed E-state index contributed by atoms with van der Waals surface area (Å²) in [7, 11) is 3.19. The first-order valence-electron chi connectivity index (χ1n) is 4.05. The van der Waals surface area contributed by atoms with E-state index in [1.54, 1.807) is 21.6 Å². The van der Waals surface area contributed by atoms with E-state index < -0.39 is 12.1 Å². The second-order valence-corrected chi connectivity index (χ2v) is 5.11. The fraction of sp³-hybridized carbons (Fsp3) is 0.625. The van der Waals surface area contributed by atoms with Gasteiger partial charge in [-0.15, -0.1) is 0 Å². The van der Waals surface area contributed by atoms with Gasteiger partial charge >= 0.3 is 5.97 Å². The lowest BCUT2D eigenvalue weighted by Gasteiger charge is -1.98. The van der Waals surface area contributed by atoms with Crippen LogP contribution in [0, 0.1) is 0 Å². The fourth-order valence-corrected chi connectivity index (χ4v) is 2.65. The van der Waals surface area contributed by atoms with E-state index in [1.165, 1.54) is 6.92 Å². The van der Waals surface area contributed by atoms with Crippen molar-refractivity contribution in [2.24, 2.45) is 0 Å². The summed E-state index contributed by atoms with van der Waals surface area (Å²) in [5.41, 5.74) is 0. The average molecular weight is 238 g/mol. The van der Waals surface area contributed by atoms with Gasteiger partial charge in [0.2, 0.25) is 0 Å². The summed E-state index contributed by atoms with van der Waals surface area (Å²) in [4.78, 5) is 10.1. The lowest BCUT2D eigenvalue weighted by molar-refractivity contribution is -0.136. The van der Waals surface area contributed by atoms with E-state index >= 15 is 0 Å². The Hall–Kier alpha value is -0.170. The number of hydrogen-bond donors (Lipinski definition) is 3. The molecule has 0 spiro atoms. The molecule has 0 aromatic heterocycles. The highest BCUT2D eigenvalue weighted by molar-refractivity contribution is 8.78. The predicted octanol–water partition coefficient (Wildman–Crippen LogP) is 1.10. The van der Waals surface area contributed by atoms with E-state index in [0.717, 1.165) is 0 Å². The summed E-state index contributed by atoms with van der Waals surface area (Å²) in [6, 6.07) is 0. The molecule has 1 aliphatic heterocycles. The van der Waals surface area contributed by atoms with Crippen molar-refractivity contribution in [2.45, 2.75) is 24.7 Å². The standard InChI is InChI=1S/C5H6O2S2.C3H8O2/c6-5(7)3-4-1-2-8-9-4;1-3(5)2-4/h1-2,4H,3H2,(H,6,7);3-5H,2H2,1H3. The van der Waals surface area contributed by atoms with Crippen molar-refractivity contribution in [3.8, 4) is 0 Å². The number of hydrogen-bond acceptors (Lipinski definition) is 5. The van der Waals surface area contributed by atoms with E-state index in [1.807, 2.05) is 11.5 Å². The number of carboxylic acid groups (broad SMARTS) is 1. The van der Waals surface area contributed by atoms with Crippen molar-refractivity contribution in [1.29, 1.82) is 0 Å². The number of aliphatic hydroxyl groups excluding tert-OH is 2. The molecular formula is C8H14O4S2. The third kappa shape index (κ3) is 8.43. The Morgan fingerprint density at radius 3 is 2.50 bits per heavy atom. The lowest BCUT2D eigenvalue weighted by Crippen LogP contribution is -2.03. The minimum atomic E-state index is -0.723. The highest BCUT2D eigenvalue weighted by Gasteiger charge is 2.13. The smallest absolute Gasteiger partial charge is 0.304 e. The molecule has 82 valence electrons. The van der Waals surface area contributed by atoms with Crippen molar-refractivity contribution < 1.29 is 20.1 Å². The van der Waals surface area contributed by atoms with Gasteiger partial charge in [-0.2, -0.15) is 0 Å². The molecule has 1 rings (SSSR count). The summed E-state index contributed by atoms with van der Waals surface area (Å²) < 4.78 is 0. The van der Waals surface area contributed by atoms with Crippen LogP contribution < -0.4 is 0 Å². The van der Waals surface area contributed by atoms with E-state index in [9.17, 15) is 4.79 Å². The molecule has 4 nitrogen and oxygen atoms in total. The van der Waals surface area contributed by atoms with Crippen molar-refractivity contribution in [3.05, 3.63) is 11.5 Å². The van der Waals surface area contributed by atoms with Gasteiger partial charge < -0.3 is 15.3 Å². The van der Waals surface area contributed by atoms with Crippen LogP contribution in [0.3, 0.4) is 0 Å². The number of carboxylic acids is 1. The lowest BCUT2D eigenvalue weighted by atomic mass is 10.3. The van der Waals surface area contributed by atoms with Crippen LogP contribution in [0.2, 0.25) is 0 Å². The molecule has 0 bridgehead atoms. The monoisotopic (exact) mass is 238 g/mol. The van der Waals surface area contributed by atoms with Gasteiger partial charge in [0.1, 0.15) is 0 Å². The molecular weight excluding hydrogens is 224 g/mol. The molecule has 0 amide bonds. The molecule has 0 saturated heterocycles. The Morgan fingerprint density at radius 1 is 1.64 bits per heavy atom. The zero-order valence-electron chi connectivity index (χ0n) is 7.79. The topological polar surface area (TPSA) is 77.8 Å². The molecule has 1 heterocycles. The number of aliphatic carboxylic acids is 1.